The van der Waals surface area contributed by atoms with Crippen molar-refractivity contribution in [1.82, 2.24) is 4.90 Å². The third kappa shape index (κ3) is 2.77. The highest BCUT2D eigenvalue weighted by molar-refractivity contribution is 5.95. The second-order valence-electron chi connectivity index (χ2n) is 5.54. The van der Waals surface area contributed by atoms with Crippen LogP contribution >= 0.6 is 0 Å². The molecule has 1 saturated heterocycles. The predicted octanol–water partition coefficient (Wildman–Crippen LogP) is 2.26. The van der Waals surface area contributed by atoms with E-state index < -0.39 is 5.97 Å². The summed E-state index contributed by atoms with van der Waals surface area (Å²) in [6.45, 7) is 2.03. The van der Waals surface area contributed by atoms with Crippen molar-refractivity contribution in [3.05, 3.63) is 29.6 Å². The summed E-state index contributed by atoms with van der Waals surface area (Å²) in [4.78, 5) is 14.2. The van der Waals surface area contributed by atoms with E-state index in [1.807, 2.05) is 0 Å². The van der Waals surface area contributed by atoms with E-state index in [9.17, 15) is 9.18 Å². The molecule has 1 N–H and O–H groups in total. The van der Waals surface area contributed by atoms with Gasteiger partial charge in [0.1, 0.15) is 5.82 Å². The van der Waals surface area contributed by atoms with Gasteiger partial charge in [0, 0.05) is 25.2 Å². The standard InChI is InChI=1S/C15H19FN2O2/c1-20-15(19)13-5-2-10(16)8-14(13)17-11-6-7-18(9-11)12-3-4-12/h2,5,8,11-12,17H,3-4,6-7,9H2,1H3. The van der Waals surface area contributed by atoms with Gasteiger partial charge in [-0.25, -0.2) is 9.18 Å². The maximum Gasteiger partial charge on any atom is 0.339 e. The quantitative estimate of drug-likeness (QED) is 0.858. The number of esters is 1. The minimum absolute atomic E-state index is 0.265. The Labute approximate surface area is 117 Å². The predicted molar refractivity (Wildman–Crippen MR) is 74.4 cm³/mol. The molecule has 1 aromatic carbocycles. The molecule has 0 spiro atoms. The van der Waals surface area contributed by atoms with Gasteiger partial charge in [-0.15, -0.1) is 0 Å². The summed E-state index contributed by atoms with van der Waals surface area (Å²) in [5.74, 6) is -0.790. The second kappa shape index (κ2) is 5.40. The summed E-state index contributed by atoms with van der Waals surface area (Å²) in [6.07, 6.45) is 3.60. The molecule has 1 heterocycles. The van der Waals surface area contributed by atoms with Crippen LogP contribution in [0.2, 0.25) is 0 Å². The first-order valence-corrected chi connectivity index (χ1v) is 7.06. The first-order chi connectivity index (χ1) is 9.67. The molecule has 0 aromatic heterocycles. The molecule has 0 radical (unpaired) electrons. The fourth-order valence-electron chi connectivity index (χ4n) is 2.82. The summed E-state index contributed by atoms with van der Waals surface area (Å²) >= 11 is 0. The lowest BCUT2D eigenvalue weighted by Crippen LogP contribution is -2.28. The van der Waals surface area contributed by atoms with E-state index in [-0.39, 0.29) is 11.9 Å². The van der Waals surface area contributed by atoms with Crippen molar-refractivity contribution in [2.75, 3.05) is 25.5 Å². The van der Waals surface area contributed by atoms with Gasteiger partial charge in [-0.1, -0.05) is 0 Å². The number of methoxy groups -OCH3 is 1. The zero-order valence-electron chi connectivity index (χ0n) is 11.6. The highest BCUT2D eigenvalue weighted by Crippen LogP contribution is 2.31. The van der Waals surface area contributed by atoms with Crippen molar-refractivity contribution in [2.24, 2.45) is 0 Å². The first-order valence-electron chi connectivity index (χ1n) is 7.06. The molecule has 1 aliphatic carbocycles. The van der Waals surface area contributed by atoms with Crippen LogP contribution in [0.15, 0.2) is 18.2 Å². The zero-order chi connectivity index (χ0) is 14.1. The van der Waals surface area contributed by atoms with Crippen LogP contribution < -0.4 is 5.32 Å². The Kier molecular flexibility index (Phi) is 3.61. The third-order valence-electron chi connectivity index (χ3n) is 4.03. The van der Waals surface area contributed by atoms with Crippen molar-refractivity contribution in [3.63, 3.8) is 0 Å². The zero-order valence-corrected chi connectivity index (χ0v) is 11.6. The number of halogens is 1. The van der Waals surface area contributed by atoms with E-state index >= 15 is 0 Å². The molecule has 0 amide bonds. The lowest BCUT2D eigenvalue weighted by atomic mass is 10.1. The van der Waals surface area contributed by atoms with E-state index in [1.54, 1.807) is 0 Å². The van der Waals surface area contributed by atoms with Crippen LogP contribution in [0, 0.1) is 5.82 Å². The number of anilines is 1. The number of carbonyl (C=O) groups is 1. The van der Waals surface area contributed by atoms with Crippen LogP contribution in [0.25, 0.3) is 0 Å². The van der Waals surface area contributed by atoms with Gasteiger partial charge in [-0.2, -0.15) is 0 Å². The molecule has 108 valence electrons. The molecule has 5 heteroatoms. The molecule has 1 unspecified atom stereocenters. The van der Waals surface area contributed by atoms with Crippen molar-refractivity contribution < 1.29 is 13.9 Å². The fourth-order valence-corrected chi connectivity index (χ4v) is 2.82. The molecule has 1 atom stereocenters. The van der Waals surface area contributed by atoms with E-state index in [0.717, 1.165) is 25.6 Å². The van der Waals surface area contributed by atoms with Gasteiger partial charge in [0.15, 0.2) is 0 Å². The van der Waals surface area contributed by atoms with Crippen LogP contribution in [0.1, 0.15) is 29.6 Å². The largest absolute Gasteiger partial charge is 0.465 e. The lowest BCUT2D eigenvalue weighted by Gasteiger charge is -2.18. The summed E-state index contributed by atoms with van der Waals surface area (Å²) in [7, 11) is 1.33. The summed E-state index contributed by atoms with van der Waals surface area (Å²) in [5.41, 5.74) is 0.915. The molecule has 4 nitrogen and oxygen atoms in total. The molecule has 1 aromatic rings. The monoisotopic (exact) mass is 278 g/mol. The SMILES string of the molecule is COC(=O)c1ccc(F)cc1NC1CCN(C2CC2)C1. The van der Waals surface area contributed by atoms with Crippen molar-refractivity contribution in [3.8, 4) is 0 Å². The second-order valence-corrected chi connectivity index (χ2v) is 5.54. The van der Waals surface area contributed by atoms with E-state index in [1.165, 1.54) is 38.2 Å². The van der Waals surface area contributed by atoms with Crippen LogP contribution in [0.4, 0.5) is 10.1 Å². The Bertz CT molecular complexity index is 517. The molecular formula is C15H19FN2O2. The maximum atomic E-state index is 13.4. The van der Waals surface area contributed by atoms with E-state index in [0.29, 0.717) is 11.3 Å². The third-order valence-corrected chi connectivity index (χ3v) is 4.03. The topological polar surface area (TPSA) is 41.6 Å². The van der Waals surface area contributed by atoms with Gasteiger partial charge in [0.05, 0.1) is 18.4 Å². The van der Waals surface area contributed by atoms with Gasteiger partial charge in [-0.3, -0.25) is 4.90 Å². The number of ether oxygens (including phenoxy) is 1. The van der Waals surface area contributed by atoms with E-state index in [2.05, 4.69) is 10.2 Å². The van der Waals surface area contributed by atoms with Gasteiger partial charge in [0.25, 0.3) is 0 Å². The fraction of sp³-hybridized carbons (Fsp3) is 0.533. The van der Waals surface area contributed by atoms with Crippen molar-refractivity contribution in [2.45, 2.75) is 31.3 Å². The molecule has 20 heavy (non-hydrogen) atoms. The van der Waals surface area contributed by atoms with Gasteiger partial charge in [0.2, 0.25) is 0 Å². The van der Waals surface area contributed by atoms with Crippen LogP contribution in [0.3, 0.4) is 0 Å². The summed E-state index contributed by atoms with van der Waals surface area (Å²) in [6, 6.07) is 5.13. The Morgan fingerprint density at radius 2 is 2.20 bits per heavy atom. The average Bonchev–Trinajstić information content (AvgIpc) is 3.19. The Morgan fingerprint density at radius 3 is 2.90 bits per heavy atom. The first kappa shape index (κ1) is 13.4. The average molecular weight is 278 g/mol. The smallest absolute Gasteiger partial charge is 0.339 e. The van der Waals surface area contributed by atoms with Gasteiger partial charge >= 0.3 is 5.97 Å². The minimum atomic E-state index is -0.440. The number of hydrogen-bond acceptors (Lipinski definition) is 4. The molecular weight excluding hydrogens is 259 g/mol. The van der Waals surface area contributed by atoms with Crippen LogP contribution in [-0.2, 0) is 4.74 Å². The highest BCUT2D eigenvalue weighted by Gasteiger charge is 2.34. The van der Waals surface area contributed by atoms with Crippen molar-refractivity contribution >= 4 is 11.7 Å². The van der Waals surface area contributed by atoms with Gasteiger partial charge in [-0.05, 0) is 37.5 Å². The maximum absolute atomic E-state index is 13.4. The minimum Gasteiger partial charge on any atom is -0.465 e. The molecule has 0 bridgehead atoms. The Balaban J connectivity index is 1.72. The van der Waals surface area contributed by atoms with E-state index in [4.69, 9.17) is 4.74 Å². The molecule has 1 saturated carbocycles. The lowest BCUT2D eigenvalue weighted by molar-refractivity contribution is 0.0601. The van der Waals surface area contributed by atoms with Crippen LogP contribution in [-0.4, -0.2) is 43.2 Å². The van der Waals surface area contributed by atoms with Crippen molar-refractivity contribution in [1.29, 1.82) is 0 Å². The number of benzene rings is 1. The number of nitrogens with zero attached hydrogens (tertiary/aromatic N) is 1. The molecule has 2 fully saturated rings. The Hall–Kier alpha value is -1.62. The molecule has 3 rings (SSSR count). The normalized spacial score (nSPS) is 22.8. The molecule has 2 aliphatic rings. The number of rotatable bonds is 4. The summed E-state index contributed by atoms with van der Waals surface area (Å²) < 4.78 is 18.1. The molecule has 1 aliphatic heterocycles. The number of nitrogens with one attached hydrogen (secondary N) is 1. The van der Waals surface area contributed by atoms with Gasteiger partial charge < -0.3 is 10.1 Å². The highest BCUT2D eigenvalue weighted by atomic mass is 19.1. The summed E-state index contributed by atoms with van der Waals surface area (Å²) in [5, 5.41) is 3.30. The Morgan fingerprint density at radius 1 is 1.40 bits per heavy atom. The number of hydrogen-bond donors (Lipinski definition) is 1. The number of carbonyl (C=O) groups excluding carboxylic acids is 1. The number of likely N-dealkylation sites (tertiary alicyclic amines) is 1. The van der Waals surface area contributed by atoms with Crippen LogP contribution in [0.5, 0.6) is 0 Å².